The number of hydrogen-bond acceptors (Lipinski definition) is 3. The van der Waals surface area contributed by atoms with E-state index in [0.29, 0.717) is 0 Å². The van der Waals surface area contributed by atoms with Crippen molar-refractivity contribution in [3.63, 3.8) is 0 Å². The van der Waals surface area contributed by atoms with E-state index in [0.717, 1.165) is 24.2 Å². The Morgan fingerprint density at radius 2 is 1.93 bits per heavy atom. The third kappa shape index (κ3) is 1.99. The Balaban J connectivity index is 2.81. The Bertz CT molecular complexity index is 254. The molecule has 14 heavy (non-hydrogen) atoms. The average Bonchev–Trinajstić information content (AvgIpc) is 2.19. The van der Waals surface area contributed by atoms with Gasteiger partial charge in [-0.25, -0.2) is 5.01 Å². The van der Waals surface area contributed by atoms with Crippen molar-refractivity contribution >= 4 is 0 Å². The molecule has 0 aliphatic carbocycles. The van der Waals surface area contributed by atoms with Crippen LogP contribution in [0.4, 0.5) is 0 Å². The van der Waals surface area contributed by atoms with E-state index in [4.69, 9.17) is 0 Å². The number of nitrogens with zero attached hydrogens (tertiary/aromatic N) is 2. The summed E-state index contributed by atoms with van der Waals surface area (Å²) in [5, 5.41) is 14.0. The molecule has 1 aliphatic rings. The summed E-state index contributed by atoms with van der Waals surface area (Å²) >= 11 is 0. The lowest BCUT2D eigenvalue weighted by Crippen LogP contribution is -2.47. The lowest BCUT2D eigenvalue weighted by molar-refractivity contribution is -0.0828. The predicted octanol–water partition coefficient (Wildman–Crippen LogP) is 1.73. The fraction of sp³-hybridized carbons (Fsp3) is 0.636. The Morgan fingerprint density at radius 1 is 1.36 bits per heavy atom. The van der Waals surface area contributed by atoms with E-state index in [-0.39, 0.29) is 0 Å². The van der Waals surface area contributed by atoms with Crippen molar-refractivity contribution in [2.75, 3.05) is 13.1 Å². The van der Waals surface area contributed by atoms with Crippen molar-refractivity contribution in [2.45, 2.75) is 33.9 Å². The third-order valence-corrected chi connectivity index (χ3v) is 2.79. The van der Waals surface area contributed by atoms with E-state index >= 15 is 0 Å². The van der Waals surface area contributed by atoms with Crippen LogP contribution in [0.2, 0.25) is 0 Å². The summed E-state index contributed by atoms with van der Waals surface area (Å²) in [6.07, 6.45) is 3.49. The number of aliphatic hydroxyl groups excluding tert-OH is 1. The maximum Gasteiger partial charge on any atom is 0.162 e. The summed E-state index contributed by atoms with van der Waals surface area (Å²) in [6, 6.07) is 0. The zero-order valence-corrected chi connectivity index (χ0v) is 9.49. The first-order valence-corrected chi connectivity index (χ1v) is 5.18. The lowest BCUT2D eigenvalue weighted by Gasteiger charge is -2.38. The summed E-state index contributed by atoms with van der Waals surface area (Å²) in [4.78, 5) is 0. The standard InChI is InChI=1S/C11H20N2O/c1-5-12(6-2)13-8-7-9(3)10(4)11(13)14/h7-8,11,14H,5-6H2,1-4H3. The van der Waals surface area contributed by atoms with Gasteiger partial charge in [-0.15, -0.1) is 0 Å². The average molecular weight is 196 g/mol. The van der Waals surface area contributed by atoms with Crippen LogP contribution in [0.25, 0.3) is 0 Å². The molecule has 1 aliphatic heterocycles. The van der Waals surface area contributed by atoms with Gasteiger partial charge in [0, 0.05) is 19.3 Å². The molecule has 0 aromatic carbocycles. The zero-order chi connectivity index (χ0) is 10.7. The molecule has 0 saturated heterocycles. The van der Waals surface area contributed by atoms with Gasteiger partial charge in [-0.1, -0.05) is 13.8 Å². The highest BCUT2D eigenvalue weighted by Gasteiger charge is 2.22. The van der Waals surface area contributed by atoms with Gasteiger partial charge in [0.05, 0.1) is 0 Å². The Morgan fingerprint density at radius 3 is 2.43 bits per heavy atom. The number of hydrazine groups is 1. The van der Waals surface area contributed by atoms with E-state index in [9.17, 15) is 5.11 Å². The second-order valence-electron chi connectivity index (χ2n) is 3.57. The Hall–Kier alpha value is -0.800. The number of aliphatic hydroxyl groups is 1. The molecule has 0 fully saturated rings. The molecule has 0 aromatic rings. The molecular formula is C11H20N2O. The molecule has 0 saturated carbocycles. The first-order valence-electron chi connectivity index (χ1n) is 5.18. The van der Waals surface area contributed by atoms with E-state index in [1.807, 2.05) is 31.1 Å². The monoisotopic (exact) mass is 196 g/mol. The molecule has 0 spiro atoms. The van der Waals surface area contributed by atoms with Crippen LogP contribution in [0.3, 0.4) is 0 Å². The molecule has 1 heterocycles. The van der Waals surface area contributed by atoms with Crippen LogP contribution in [-0.4, -0.2) is 34.4 Å². The van der Waals surface area contributed by atoms with Crippen LogP contribution >= 0.6 is 0 Å². The smallest absolute Gasteiger partial charge is 0.162 e. The normalized spacial score (nSPS) is 22.4. The minimum atomic E-state index is -0.500. The zero-order valence-electron chi connectivity index (χ0n) is 9.49. The van der Waals surface area contributed by atoms with E-state index in [2.05, 4.69) is 18.9 Å². The van der Waals surface area contributed by atoms with Gasteiger partial charge in [-0.3, -0.25) is 5.01 Å². The largest absolute Gasteiger partial charge is 0.368 e. The quantitative estimate of drug-likeness (QED) is 0.744. The van der Waals surface area contributed by atoms with Gasteiger partial charge in [-0.05, 0) is 31.1 Å². The Labute approximate surface area is 86.3 Å². The van der Waals surface area contributed by atoms with Gasteiger partial charge >= 0.3 is 0 Å². The molecule has 3 nitrogen and oxygen atoms in total. The van der Waals surface area contributed by atoms with Crippen molar-refractivity contribution in [2.24, 2.45) is 0 Å². The molecule has 1 rings (SSSR count). The number of hydrogen-bond donors (Lipinski definition) is 1. The van der Waals surface area contributed by atoms with Gasteiger partial charge in [0.25, 0.3) is 0 Å². The highest BCUT2D eigenvalue weighted by molar-refractivity contribution is 5.28. The molecule has 0 bridgehead atoms. The summed E-state index contributed by atoms with van der Waals surface area (Å²) in [5.74, 6) is 0. The second-order valence-corrected chi connectivity index (χ2v) is 3.57. The maximum atomic E-state index is 10.0. The van der Waals surface area contributed by atoms with Crippen molar-refractivity contribution < 1.29 is 5.11 Å². The molecule has 1 unspecified atom stereocenters. The van der Waals surface area contributed by atoms with Crippen LogP contribution < -0.4 is 0 Å². The van der Waals surface area contributed by atoms with Gasteiger partial charge in [-0.2, -0.15) is 0 Å². The lowest BCUT2D eigenvalue weighted by atomic mass is 10.1. The maximum absolute atomic E-state index is 10.0. The fourth-order valence-electron chi connectivity index (χ4n) is 1.60. The second kappa shape index (κ2) is 4.62. The van der Waals surface area contributed by atoms with E-state index < -0.39 is 6.23 Å². The molecule has 1 atom stereocenters. The first-order chi connectivity index (χ1) is 6.61. The molecule has 80 valence electrons. The summed E-state index contributed by atoms with van der Waals surface area (Å²) in [6.45, 7) is 9.98. The SMILES string of the molecule is CCN(CC)N1C=CC(C)=C(C)C1O. The molecule has 0 radical (unpaired) electrons. The van der Waals surface area contributed by atoms with Crippen LogP contribution in [-0.2, 0) is 0 Å². The highest BCUT2D eigenvalue weighted by Crippen LogP contribution is 2.20. The summed E-state index contributed by atoms with van der Waals surface area (Å²) < 4.78 is 0. The highest BCUT2D eigenvalue weighted by atomic mass is 16.3. The first kappa shape index (κ1) is 11.3. The number of allylic oxidation sites excluding steroid dienone is 2. The molecule has 3 heteroatoms. The number of rotatable bonds is 3. The van der Waals surface area contributed by atoms with Crippen molar-refractivity contribution in [3.8, 4) is 0 Å². The third-order valence-electron chi connectivity index (χ3n) is 2.79. The van der Waals surface area contributed by atoms with Gasteiger partial charge in [0.1, 0.15) is 0 Å². The van der Waals surface area contributed by atoms with E-state index in [1.165, 1.54) is 0 Å². The minimum absolute atomic E-state index is 0.500. The molecule has 0 aromatic heterocycles. The van der Waals surface area contributed by atoms with Crippen molar-refractivity contribution in [1.82, 2.24) is 10.0 Å². The molecule has 1 N–H and O–H groups in total. The van der Waals surface area contributed by atoms with Crippen LogP contribution in [0.15, 0.2) is 23.4 Å². The summed E-state index contributed by atoms with van der Waals surface area (Å²) in [5.41, 5.74) is 2.18. The minimum Gasteiger partial charge on any atom is -0.368 e. The van der Waals surface area contributed by atoms with Gasteiger partial charge < -0.3 is 5.11 Å². The van der Waals surface area contributed by atoms with Crippen molar-refractivity contribution in [1.29, 1.82) is 0 Å². The van der Waals surface area contributed by atoms with Crippen LogP contribution in [0, 0.1) is 0 Å². The molecular weight excluding hydrogens is 176 g/mol. The fourth-order valence-corrected chi connectivity index (χ4v) is 1.60. The van der Waals surface area contributed by atoms with Crippen LogP contribution in [0.1, 0.15) is 27.7 Å². The predicted molar refractivity (Wildman–Crippen MR) is 58.3 cm³/mol. The van der Waals surface area contributed by atoms with Gasteiger partial charge in [0.2, 0.25) is 0 Å². The van der Waals surface area contributed by atoms with Crippen LogP contribution in [0.5, 0.6) is 0 Å². The van der Waals surface area contributed by atoms with E-state index in [1.54, 1.807) is 0 Å². The topological polar surface area (TPSA) is 26.7 Å². The van der Waals surface area contributed by atoms with Crippen molar-refractivity contribution in [3.05, 3.63) is 23.4 Å². The van der Waals surface area contributed by atoms with Gasteiger partial charge in [0.15, 0.2) is 6.23 Å². The summed E-state index contributed by atoms with van der Waals surface area (Å²) in [7, 11) is 0. The Kier molecular flexibility index (Phi) is 3.72. The molecule has 0 amide bonds.